The first kappa shape index (κ1) is 12.2. The lowest BCUT2D eigenvalue weighted by molar-refractivity contribution is 0.199. The molecule has 15 heavy (non-hydrogen) atoms. The number of methoxy groups -OCH3 is 1. The van der Waals surface area contributed by atoms with Crippen LogP contribution in [0, 0.1) is 0 Å². The van der Waals surface area contributed by atoms with Crippen LogP contribution in [0.2, 0.25) is 0 Å². The van der Waals surface area contributed by atoms with Gasteiger partial charge in [-0.25, -0.2) is 0 Å². The Morgan fingerprint density at radius 3 is 3.00 bits per heavy atom. The summed E-state index contributed by atoms with van der Waals surface area (Å²) in [6, 6.07) is 0. The first-order valence-electron chi connectivity index (χ1n) is 5.57. The molecule has 4 nitrogen and oxygen atoms in total. The third kappa shape index (κ3) is 4.95. The smallest absolute Gasteiger partial charge is 0.0587 e. The highest BCUT2D eigenvalue weighted by atomic mass is 16.5. The van der Waals surface area contributed by atoms with Crippen molar-refractivity contribution in [1.82, 2.24) is 15.1 Å². The maximum atomic E-state index is 4.95. The van der Waals surface area contributed by atoms with Crippen molar-refractivity contribution in [3.05, 3.63) is 18.0 Å². The fourth-order valence-electron chi connectivity index (χ4n) is 1.43. The second-order valence-electron chi connectivity index (χ2n) is 3.55. The molecule has 1 heterocycles. The van der Waals surface area contributed by atoms with Crippen molar-refractivity contribution >= 4 is 0 Å². The lowest BCUT2D eigenvalue weighted by Crippen LogP contribution is -2.20. The van der Waals surface area contributed by atoms with Crippen LogP contribution < -0.4 is 5.32 Å². The Labute approximate surface area is 91.6 Å². The molecular formula is C11H21N3O. The van der Waals surface area contributed by atoms with E-state index in [1.165, 1.54) is 5.56 Å². The van der Waals surface area contributed by atoms with E-state index in [0.717, 1.165) is 39.1 Å². The summed E-state index contributed by atoms with van der Waals surface area (Å²) in [7, 11) is 1.72. The molecular weight excluding hydrogens is 190 g/mol. The van der Waals surface area contributed by atoms with E-state index in [1.54, 1.807) is 7.11 Å². The molecule has 0 aliphatic carbocycles. The quantitative estimate of drug-likeness (QED) is 0.654. The molecule has 0 saturated heterocycles. The Morgan fingerprint density at radius 1 is 1.47 bits per heavy atom. The van der Waals surface area contributed by atoms with Gasteiger partial charge >= 0.3 is 0 Å². The average Bonchev–Trinajstić information content (AvgIpc) is 2.71. The average molecular weight is 211 g/mol. The summed E-state index contributed by atoms with van der Waals surface area (Å²) in [5.41, 5.74) is 1.32. The minimum atomic E-state index is 0.785. The highest BCUT2D eigenvalue weighted by molar-refractivity contribution is 5.03. The maximum absolute atomic E-state index is 4.95. The van der Waals surface area contributed by atoms with E-state index in [-0.39, 0.29) is 0 Å². The predicted molar refractivity (Wildman–Crippen MR) is 61.0 cm³/mol. The zero-order valence-electron chi connectivity index (χ0n) is 9.70. The van der Waals surface area contributed by atoms with Crippen LogP contribution in [0.15, 0.2) is 12.4 Å². The highest BCUT2D eigenvalue weighted by Gasteiger charge is 1.96. The number of nitrogens with zero attached hydrogens (tertiary/aromatic N) is 2. The van der Waals surface area contributed by atoms with Gasteiger partial charge in [0.05, 0.1) is 12.8 Å². The van der Waals surface area contributed by atoms with Crippen LogP contribution in [0.4, 0.5) is 0 Å². The van der Waals surface area contributed by atoms with E-state index in [1.807, 2.05) is 10.9 Å². The van der Waals surface area contributed by atoms with Crippen molar-refractivity contribution in [2.45, 2.75) is 26.3 Å². The second kappa shape index (κ2) is 7.43. The van der Waals surface area contributed by atoms with E-state index in [0.29, 0.717) is 0 Å². The molecule has 0 spiro atoms. The van der Waals surface area contributed by atoms with Crippen LogP contribution >= 0.6 is 0 Å². The molecule has 0 unspecified atom stereocenters. The summed E-state index contributed by atoms with van der Waals surface area (Å²) in [4.78, 5) is 0. The summed E-state index contributed by atoms with van der Waals surface area (Å²) < 4.78 is 6.91. The number of hydrogen-bond donors (Lipinski definition) is 1. The molecule has 1 rings (SSSR count). The summed E-state index contributed by atoms with van der Waals surface area (Å²) in [6.45, 7) is 5.81. The Kier molecular flexibility index (Phi) is 6.04. The molecule has 0 amide bonds. The first-order chi connectivity index (χ1) is 7.36. The van der Waals surface area contributed by atoms with Crippen LogP contribution in [0.5, 0.6) is 0 Å². The van der Waals surface area contributed by atoms with Gasteiger partial charge in [0.25, 0.3) is 0 Å². The molecule has 0 aliphatic heterocycles. The molecule has 0 radical (unpaired) electrons. The second-order valence-corrected chi connectivity index (χ2v) is 3.55. The minimum absolute atomic E-state index is 0.785. The van der Waals surface area contributed by atoms with Crippen molar-refractivity contribution in [2.24, 2.45) is 0 Å². The van der Waals surface area contributed by atoms with Gasteiger partial charge in [0.1, 0.15) is 0 Å². The summed E-state index contributed by atoms with van der Waals surface area (Å²) in [6.07, 6.45) is 6.33. The van der Waals surface area contributed by atoms with Gasteiger partial charge in [0, 0.05) is 26.4 Å². The van der Waals surface area contributed by atoms with Crippen molar-refractivity contribution in [2.75, 3.05) is 26.8 Å². The number of nitrogens with one attached hydrogen (secondary N) is 1. The third-order valence-electron chi connectivity index (χ3n) is 2.31. The zero-order chi connectivity index (χ0) is 10.9. The van der Waals surface area contributed by atoms with Gasteiger partial charge in [-0.05, 0) is 31.9 Å². The lowest BCUT2D eigenvalue weighted by atomic mass is 10.2. The normalized spacial score (nSPS) is 10.8. The van der Waals surface area contributed by atoms with Crippen LogP contribution in [-0.4, -0.2) is 36.6 Å². The number of aryl methyl sites for hydroxylation is 2. The molecule has 4 heteroatoms. The number of hydrogen-bond acceptors (Lipinski definition) is 3. The van der Waals surface area contributed by atoms with Gasteiger partial charge < -0.3 is 10.1 Å². The van der Waals surface area contributed by atoms with Crippen molar-refractivity contribution in [1.29, 1.82) is 0 Å². The Balaban J connectivity index is 2.04. The van der Waals surface area contributed by atoms with E-state index in [4.69, 9.17) is 4.74 Å². The van der Waals surface area contributed by atoms with Crippen molar-refractivity contribution in [3.63, 3.8) is 0 Å². The Hall–Kier alpha value is -0.870. The SMILES string of the molecule is CCn1cc(CCCNCCOC)cn1. The van der Waals surface area contributed by atoms with Gasteiger partial charge in [0.15, 0.2) is 0 Å². The molecule has 1 N–H and O–H groups in total. The Bertz CT molecular complexity index is 260. The summed E-state index contributed by atoms with van der Waals surface area (Å²) in [5, 5.41) is 7.56. The van der Waals surface area contributed by atoms with Crippen molar-refractivity contribution < 1.29 is 4.74 Å². The molecule has 86 valence electrons. The molecule has 1 aromatic heterocycles. The van der Waals surface area contributed by atoms with E-state index >= 15 is 0 Å². The summed E-state index contributed by atoms with van der Waals surface area (Å²) >= 11 is 0. The maximum Gasteiger partial charge on any atom is 0.0587 e. The van der Waals surface area contributed by atoms with Gasteiger partial charge in [-0.15, -0.1) is 0 Å². The third-order valence-corrected chi connectivity index (χ3v) is 2.31. The first-order valence-corrected chi connectivity index (χ1v) is 5.57. The molecule has 0 atom stereocenters. The van der Waals surface area contributed by atoms with E-state index in [2.05, 4.69) is 23.5 Å². The number of rotatable bonds is 8. The monoisotopic (exact) mass is 211 g/mol. The zero-order valence-corrected chi connectivity index (χ0v) is 9.70. The number of aromatic nitrogens is 2. The molecule has 0 aromatic carbocycles. The van der Waals surface area contributed by atoms with Crippen LogP contribution in [0.1, 0.15) is 18.9 Å². The van der Waals surface area contributed by atoms with Crippen LogP contribution in [-0.2, 0) is 17.7 Å². The fourth-order valence-corrected chi connectivity index (χ4v) is 1.43. The Morgan fingerprint density at radius 2 is 2.33 bits per heavy atom. The van der Waals surface area contributed by atoms with Gasteiger partial charge in [0.2, 0.25) is 0 Å². The molecule has 0 fully saturated rings. The van der Waals surface area contributed by atoms with Gasteiger partial charge in [-0.1, -0.05) is 0 Å². The fraction of sp³-hybridized carbons (Fsp3) is 0.727. The highest BCUT2D eigenvalue weighted by Crippen LogP contribution is 2.00. The van der Waals surface area contributed by atoms with Gasteiger partial charge in [-0.2, -0.15) is 5.10 Å². The number of ether oxygens (including phenoxy) is 1. The van der Waals surface area contributed by atoms with E-state index < -0.39 is 0 Å². The van der Waals surface area contributed by atoms with Crippen LogP contribution in [0.3, 0.4) is 0 Å². The molecule has 0 bridgehead atoms. The molecule has 0 aliphatic rings. The van der Waals surface area contributed by atoms with Gasteiger partial charge in [-0.3, -0.25) is 4.68 Å². The lowest BCUT2D eigenvalue weighted by Gasteiger charge is -2.02. The standard InChI is InChI=1S/C11H21N3O/c1-3-14-10-11(9-13-14)5-4-6-12-7-8-15-2/h9-10,12H,3-8H2,1-2H3. The van der Waals surface area contributed by atoms with Crippen LogP contribution in [0.25, 0.3) is 0 Å². The minimum Gasteiger partial charge on any atom is -0.383 e. The van der Waals surface area contributed by atoms with Crippen molar-refractivity contribution in [3.8, 4) is 0 Å². The predicted octanol–water partition coefficient (Wildman–Crippen LogP) is 1.07. The largest absolute Gasteiger partial charge is 0.383 e. The van der Waals surface area contributed by atoms with E-state index in [9.17, 15) is 0 Å². The molecule has 0 saturated carbocycles. The molecule has 1 aromatic rings. The summed E-state index contributed by atoms with van der Waals surface area (Å²) in [5.74, 6) is 0. The topological polar surface area (TPSA) is 39.1 Å².